The summed E-state index contributed by atoms with van der Waals surface area (Å²) in [4.78, 5) is 27.4. The highest BCUT2D eigenvalue weighted by atomic mass is 16.7. The normalized spacial score (nSPS) is 11.3. The highest BCUT2D eigenvalue weighted by molar-refractivity contribution is 5.93. The van der Waals surface area contributed by atoms with Gasteiger partial charge in [0.2, 0.25) is 0 Å². The van der Waals surface area contributed by atoms with Crippen LogP contribution in [0.15, 0.2) is 24.3 Å². The van der Waals surface area contributed by atoms with E-state index in [0.717, 1.165) is 18.9 Å². The van der Waals surface area contributed by atoms with E-state index in [1.165, 1.54) is 89.9 Å². The van der Waals surface area contributed by atoms with Crippen molar-refractivity contribution in [1.82, 2.24) is 5.48 Å². The van der Waals surface area contributed by atoms with E-state index >= 15 is 0 Å². The second-order valence-corrected chi connectivity index (χ2v) is 7.88. The third kappa shape index (κ3) is 18.2. The Labute approximate surface area is 179 Å². The fourth-order valence-corrected chi connectivity index (χ4v) is 3.39. The summed E-state index contributed by atoms with van der Waals surface area (Å²) in [7, 11) is 0. The first-order valence-electron chi connectivity index (χ1n) is 12.0. The van der Waals surface area contributed by atoms with Crippen molar-refractivity contribution in [2.24, 2.45) is 0 Å². The first kappa shape index (κ1) is 27.4. The van der Waals surface area contributed by atoms with Crippen molar-refractivity contribution >= 4 is 11.9 Å². The Bertz CT molecular complexity index is 457. The molecular formula is C25H45NO3. The molecule has 0 saturated carbocycles. The number of hydrogen-bond donors (Lipinski definition) is 1. The van der Waals surface area contributed by atoms with Crippen molar-refractivity contribution in [3.05, 3.63) is 24.3 Å². The van der Waals surface area contributed by atoms with Gasteiger partial charge in [-0.1, -0.05) is 116 Å². The number of unbranched alkanes of at least 4 members (excludes halogenated alkanes) is 15. The van der Waals surface area contributed by atoms with Crippen LogP contribution < -0.4 is 5.48 Å². The summed E-state index contributed by atoms with van der Waals surface area (Å²) in [6.07, 6.45) is 24.8. The predicted molar refractivity (Wildman–Crippen MR) is 122 cm³/mol. The average Bonchev–Trinajstić information content (AvgIpc) is 2.74. The molecule has 0 rings (SSSR count). The molecule has 0 bridgehead atoms. The molecule has 0 aliphatic heterocycles. The van der Waals surface area contributed by atoms with Crippen molar-refractivity contribution in [2.75, 3.05) is 0 Å². The molecule has 0 aromatic carbocycles. The van der Waals surface area contributed by atoms with Gasteiger partial charge in [-0.05, 0) is 19.3 Å². The molecular weight excluding hydrogens is 362 g/mol. The van der Waals surface area contributed by atoms with Crippen LogP contribution in [0.1, 0.15) is 123 Å². The SMILES string of the molecule is C=CC(=O)ONC(=O)C(=CCCCCCCCCCCCCCCCCC)CC. The summed E-state index contributed by atoms with van der Waals surface area (Å²) >= 11 is 0. The van der Waals surface area contributed by atoms with Crippen LogP contribution in [0, 0.1) is 0 Å². The molecule has 168 valence electrons. The molecule has 1 amide bonds. The fraction of sp³-hybridized carbons (Fsp3) is 0.760. The van der Waals surface area contributed by atoms with Crippen LogP contribution in [-0.2, 0) is 14.4 Å². The second kappa shape index (κ2) is 21.1. The van der Waals surface area contributed by atoms with Crippen LogP contribution in [0.25, 0.3) is 0 Å². The number of hydroxylamine groups is 1. The van der Waals surface area contributed by atoms with Crippen molar-refractivity contribution in [1.29, 1.82) is 0 Å². The van der Waals surface area contributed by atoms with Crippen LogP contribution in [0.4, 0.5) is 0 Å². The number of hydrogen-bond acceptors (Lipinski definition) is 3. The lowest BCUT2D eigenvalue weighted by Gasteiger charge is -2.06. The molecule has 1 N–H and O–H groups in total. The molecule has 29 heavy (non-hydrogen) atoms. The van der Waals surface area contributed by atoms with Gasteiger partial charge in [0.15, 0.2) is 0 Å². The fourth-order valence-electron chi connectivity index (χ4n) is 3.39. The molecule has 0 heterocycles. The lowest BCUT2D eigenvalue weighted by Crippen LogP contribution is -2.27. The van der Waals surface area contributed by atoms with Crippen LogP contribution in [0.5, 0.6) is 0 Å². The van der Waals surface area contributed by atoms with E-state index in [1.54, 1.807) is 0 Å². The quantitative estimate of drug-likeness (QED) is 0.138. The molecule has 4 heteroatoms. The zero-order valence-electron chi connectivity index (χ0n) is 19.1. The van der Waals surface area contributed by atoms with Crippen molar-refractivity contribution < 1.29 is 14.4 Å². The van der Waals surface area contributed by atoms with Crippen LogP contribution >= 0.6 is 0 Å². The first-order valence-corrected chi connectivity index (χ1v) is 12.0. The highest BCUT2D eigenvalue weighted by Gasteiger charge is 2.08. The zero-order valence-corrected chi connectivity index (χ0v) is 19.1. The maximum atomic E-state index is 11.9. The summed E-state index contributed by atoms with van der Waals surface area (Å²) in [5.41, 5.74) is 2.82. The monoisotopic (exact) mass is 407 g/mol. The molecule has 0 spiro atoms. The van der Waals surface area contributed by atoms with E-state index in [4.69, 9.17) is 0 Å². The molecule has 0 aliphatic rings. The smallest absolute Gasteiger partial charge is 0.336 e. The van der Waals surface area contributed by atoms with Crippen molar-refractivity contribution in [3.8, 4) is 0 Å². The Morgan fingerprint density at radius 2 is 1.21 bits per heavy atom. The molecule has 0 saturated heterocycles. The Balaban J connectivity index is 3.50. The Morgan fingerprint density at radius 3 is 1.62 bits per heavy atom. The molecule has 0 radical (unpaired) electrons. The lowest BCUT2D eigenvalue weighted by molar-refractivity contribution is -0.152. The summed E-state index contributed by atoms with van der Waals surface area (Å²) in [6, 6.07) is 0. The van der Waals surface area contributed by atoms with Crippen LogP contribution in [0.2, 0.25) is 0 Å². The van der Waals surface area contributed by atoms with Crippen molar-refractivity contribution in [3.63, 3.8) is 0 Å². The van der Waals surface area contributed by atoms with Gasteiger partial charge in [-0.15, -0.1) is 0 Å². The molecule has 0 atom stereocenters. The Kier molecular flexibility index (Phi) is 20.0. The molecule has 0 aromatic heterocycles. The topological polar surface area (TPSA) is 55.4 Å². The van der Waals surface area contributed by atoms with E-state index < -0.39 is 5.97 Å². The van der Waals surface area contributed by atoms with E-state index in [-0.39, 0.29) is 5.91 Å². The number of rotatable bonds is 19. The van der Waals surface area contributed by atoms with E-state index in [2.05, 4.69) is 23.8 Å². The van der Waals surface area contributed by atoms with Gasteiger partial charge >= 0.3 is 5.97 Å². The second-order valence-electron chi connectivity index (χ2n) is 7.88. The minimum atomic E-state index is -0.656. The maximum Gasteiger partial charge on any atom is 0.355 e. The van der Waals surface area contributed by atoms with Gasteiger partial charge in [-0.3, -0.25) is 4.79 Å². The van der Waals surface area contributed by atoms with Gasteiger partial charge in [-0.2, -0.15) is 5.48 Å². The van der Waals surface area contributed by atoms with Crippen molar-refractivity contribution in [2.45, 2.75) is 123 Å². The average molecular weight is 408 g/mol. The zero-order chi connectivity index (χ0) is 21.6. The van der Waals surface area contributed by atoms with Gasteiger partial charge in [0.05, 0.1) is 0 Å². The predicted octanol–water partition coefficient (Wildman–Crippen LogP) is 7.34. The van der Waals surface area contributed by atoms with E-state index in [0.29, 0.717) is 12.0 Å². The largest absolute Gasteiger partial charge is 0.355 e. The first-order chi connectivity index (χ1) is 14.2. The number of carbonyl (C=O) groups is 2. The molecule has 4 nitrogen and oxygen atoms in total. The minimum absolute atomic E-state index is 0.344. The number of nitrogens with one attached hydrogen (secondary N) is 1. The van der Waals surface area contributed by atoms with Crippen LogP contribution in [0.3, 0.4) is 0 Å². The number of amides is 1. The highest BCUT2D eigenvalue weighted by Crippen LogP contribution is 2.14. The third-order valence-electron chi connectivity index (χ3n) is 5.28. The maximum absolute atomic E-state index is 11.9. The van der Waals surface area contributed by atoms with E-state index in [9.17, 15) is 9.59 Å². The molecule has 0 fully saturated rings. The van der Waals surface area contributed by atoms with Gasteiger partial charge < -0.3 is 4.84 Å². The number of allylic oxidation sites excluding steroid dienone is 1. The minimum Gasteiger partial charge on any atom is -0.336 e. The van der Waals surface area contributed by atoms with E-state index in [1.807, 2.05) is 13.0 Å². The summed E-state index contributed by atoms with van der Waals surface area (Å²) in [5.74, 6) is -1.00. The van der Waals surface area contributed by atoms with Gasteiger partial charge in [0.1, 0.15) is 0 Å². The summed E-state index contributed by atoms with van der Waals surface area (Å²) in [5, 5.41) is 0. The van der Waals surface area contributed by atoms with Crippen LogP contribution in [-0.4, -0.2) is 11.9 Å². The molecule has 0 aromatic rings. The van der Waals surface area contributed by atoms with Gasteiger partial charge in [0.25, 0.3) is 5.91 Å². The summed E-state index contributed by atoms with van der Waals surface area (Å²) < 4.78 is 0. The lowest BCUT2D eigenvalue weighted by atomic mass is 10.0. The van der Waals surface area contributed by atoms with Gasteiger partial charge in [-0.25, -0.2) is 4.79 Å². The summed E-state index contributed by atoms with van der Waals surface area (Å²) in [6.45, 7) is 7.48. The Hall–Kier alpha value is -1.58. The Morgan fingerprint density at radius 1 is 0.759 bits per heavy atom. The standard InChI is InChI=1S/C25H45NO3/c1-4-7-8-9-10-11-12-13-14-15-16-17-18-19-20-21-22-23(5-2)25(28)26-29-24(27)6-3/h6,22H,3-5,7-21H2,1-2H3,(H,26,28). The molecule has 0 aliphatic carbocycles. The molecule has 0 unspecified atom stereocenters. The number of carbonyl (C=O) groups excluding carboxylic acids is 2. The van der Waals surface area contributed by atoms with Gasteiger partial charge in [0, 0.05) is 11.6 Å². The third-order valence-corrected chi connectivity index (χ3v) is 5.28.